The standard InChI is InChI=1S/C21H18N6O/c22-10-9-17(23)19-5-2-4-18(26-19)14-7-8-15-12-24-27(20(15)11-14)21-6-1-3-16(13-28)25-21/h1-8,11-12,17,28H,9,13,23H2/t17-/m1/s1. The molecule has 3 heterocycles. The summed E-state index contributed by atoms with van der Waals surface area (Å²) < 4.78 is 1.74. The predicted molar refractivity (Wildman–Crippen MR) is 105 cm³/mol. The van der Waals surface area contributed by atoms with Gasteiger partial charge in [0.1, 0.15) is 0 Å². The van der Waals surface area contributed by atoms with Crippen LogP contribution in [-0.2, 0) is 6.61 Å². The average molecular weight is 370 g/mol. The van der Waals surface area contributed by atoms with E-state index in [2.05, 4.69) is 21.1 Å². The Morgan fingerprint density at radius 2 is 1.96 bits per heavy atom. The van der Waals surface area contributed by atoms with Crippen molar-refractivity contribution in [1.82, 2.24) is 19.7 Å². The molecule has 1 aromatic carbocycles. The molecule has 0 amide bonds. The molecule has 0 aliphatic rings. The average Bonchev–Trinajstić information content (AvgIpc) is 3.17. The highest BCUT2D eigenvalue weighted by Crippen LogP contribution is 2.26. The van der Waals surface area contributed by atoms with Gasteiger partial charge in [-0.1, -0.05) is 24.3 Å². The molecule has 0 aliphatic carbocycles. The fourth-order valence-electron chi connectivity index (χ4n) is 3.05. The fourth-order valence-corrected chi connectivity index (χ4v) is 3.05. The lowest BCUT2D eigenvalue weighted by molar-refractivity contribution is 0.276. The Balaban J connectivity index is 1.78. The number of nitrogens with two attached hydrogens (primary N) is 1. The molecule has 138 valence electrons. The Labute approximate surface area is 161 Å². The van der Waals surface area contributed by atoms with E-state index in [1.165, 1.54) is 0 Å². The molecule has 1 atom stereocenters. The van der Waals surface area contributed by atoms with Crippen LogP contribution in [0, 0.1) is 11.3 Å². The van der Waals surface area contributed by atoms with Crippen LogP contribution < -0.4 is 5.73 Å². The fraction of sp³-hybridized carbons (Fsp3) is 0.143. The van der Waals surface area contributed by atoms with Gasteiger partial charge in [0, 0.05) is 10.9 Å². The largest absolute Gasteiger partial charge is 0.390 e. The molecule has 4 rings (SSSR count). The molecule has 3 N–H and O–H groups in total. The van der Waals surface area contributed by atoms with Gasteiger partial charge in [0.05, 0.1) is 53.9 Å². The van der Waals surface area contributed by atoms with E-state index in [0.29, 0.717) is 17.2 Å². The molecule has 7 heteroatoms. The number of benzene rings is 1. The molecule has 0 saturated carbocycles. The van der Waals surface area contributed by atoms with Crippen LogP contribution in [0.1, 0.15) is 23.9 Å². The van der Waals surface area contributed by atoms with E-state index in [1.54, 1.807) is 16.9 Å². The van der Waals surface area contributed by atoms with Gasteiger partial charge in [0.25, 0.3) is 0 Å². The number of rotatable bonds is 5. The van der Waals surface area contributed by atoms with Gasteiger partial charge in [-0.05, 0) is 30.3 Å². The van der Waals surface area contributed by atoms with Crippen LogP contribution in [0.5, 0.6) is 0 Å². The number of fused-ring (bicyclic) bond motifs is 1. The minimum atomic E-state index is -0.412. The first-order chi connectivity index (χ1) is 13.7. The second kappa shape index (κ2) is 7.56. The SMILES string of the molecule is N#CC[C@@H](N)c1cccc(-c2ccc3cnn(-c4cccc(CO)n4)c3c2)n1. The lowest BCUT2D eigenvalue weighted by atomic mass is 10.1. The molecule has 0 bridgehead atoms. The summed E-state index contributed by atoms with van der Waals surface area (Å²) in [6.45, 7) is -0.127. The maximum absolute atomic E-state index is 9.34. The van der Waals surface area contributed by atoms with Crippen LogP contribution in [0.4, 0.5) is 0 Å². The first-order valence-electron chi connectivity index (χ1n) is 8.84. The molecule has 0 radical (unpaired) electrons. The van der Waals surface area contributed by atoms with Crippen LogP contribution in [0.25, 0.3) is 28.0 Å². The van der Waals surface area contributed by atoms with Crippen LogP contribution in [-0.4, -0.2) is 24.9 Å². The third-order valence-corrected chi connectivity index (χ3v) is 4.50. The van der Waals surface area contributed by atoms with Crippen molar-refractivity contribution in [2.75, 3.05) is 0 Å². The molecule has 0 saturated heterocycles. The number of aromatic nitrogens is 4. The molecular weight excluding hydrogens is 352 g/mol. The normalized spacial score (nSPS) is 12.0. The lowest BCUT2D eigenvalue weighted by Gasteiger charge is -2.10. The van der Waals surface area contributed by atoms with E-state index in [1.807, 2.05) is 48.5 Å². The summed E-state index contributed by atoms with van der Waals surface area (Å²) in [5.41, 5.74) is 9.87. The summed E-state index contributed by atoms with van der Waals surface area (Å²) in [6, 6.07) is 18.7. The number of hydrogen-bond acceptors (Lipinski definition) is 6. The first kappa shape index (κ1) is 17.8. The van der Waals surface area contributed by atoms with Crippen molar-refractivity contribution in [3.63, 3.8) is 0 Å². The molecule has 3 aromatic heterocycles. The van der Waals surface area contributed by atoms with E-state index < -0.39 is 6.04 Å². The molecule has 0 aliphatic heterocycles. The molecule has 4 aromatic rings. The predicted octanol–water partition coefficient (Wildman–Crippen LogP) is 2.89. The third kappa shape index (κ3) is 3.34. The lowest BCUT2D eigenvalue weighted by Crippen LogP contribution is -2.11. The van der Waals surface area contributed by atoms with Gasteiger partial charge >= 0.3 is 0 Å². The summed E-state index contributed by atoms with van der Waals surface area (Å²) in [4.78, 5) is 9.06. The summed E-state index contributed by atoms with van der Waals surface area (Å²) in [5, 5.41) is 23.6. The minimum Gasteiger partial charge on any atom is -0.390 e. The van der Waals surface area contributed by atoms with Gasteiger partial charge < -0.3 is 10.8 Å². The highest BCUT2D eigenvalue weighted by molar-refractivity contribution is 5.84. The maximum Gasteiger partial charge on any atom is 0.154 e. The zero-order chi connectivity index (χ0) is 19.5. The zero-order valence-electron chi connectivity index (χ0n) is 15.0. The third-order valence-electron chi connectivity index (χ3n) is 4.50. The highest BCUT2D eigenvalue weighted by Gasteiger charge is 2.11. The molecule has 7 nitrogen and oxygen atoms in total. The van der Waals surface area contributed by atoms with E-state index in [-0.39, 0.29) is 13.0 Å². The second-order valence-electron chi connectivity index (χ2n) is 6.39. The van der Waals surface area contributed by atoms with Crippen LogP contribution in [0.2, 0.25) is 0 Å². The number of pyridine rings is 2. The van der Waals surface area contributed by atoms with E-state index >= 15 is 0 Å². The van der Waals surface area contributed by atoms with Crippen molar-refractivity contribution in [1.29, 1.82) is 5.26 Å². The van der Waals surface area contributed by atoms with Crippen LogP contribution in [0.15, 0.2) is 60.8 Å². The Kier molecular flexibility index (Phi) is 4.81. The number of aliphatic hydroxyl groups is 1. The Hall–Kier alpha value is -3.60. The molecule has 0 fully saturated rings. The number of hydrogen-bond donors (Lipinski definition) is 2. The number of nitriles is 1. The minimum absolute atomic E-state index is 0.127. The van der Waals surface area contributed by atoms with Crippen molar-refractivity contribution in [2.24, 2.45) is 5.73 Å². The molecule has 28 heavy (non-hydrogen) atoms. The van der Waals surface area contributed by atoms with Crippen molar-refractivity contribution in [3.8, 4) is 23.1 Å². The Morgan fingerprint density at radius 3 is 2.79 bits per heavy atom. The zero-order valence-corrected chi connectivity index (χ0v) is 15.0. The highest BCUT2D eigenvalue weighted by atomic mass is 16.3. The smallest absolute Gasteiger partial charge is 0.154 e. The van der Waals surface area contributed by atoms with Crippen LogP contribution in [0.3, 0.4) is 0 Å². The van der Waals surface area contributed by atoms with Crippen LogP contribution >= 0.6 is 0 Å². The quantitative estimate of drug-likeness (QED) is 0.558. The van der Waals surface area contributed by atoms with Gasteiger partial charge in [0.2, 0.25) is 0 Å². The van der Waals surface area contributed by atoms with E-state index in [9.17, 15) is 5.11 Å². The molecule has 0 spiro atoms. The number of aliphatic hydroxyl groups excluding tert-OH is 1. The topological polar surface area (TPSA) is 114 Å². The number of nitrogens with zero attached hydrogens (tertiary/aromatic N) is 5. The first-order valence-corrected chi connectivity index (χ1v) is 8.84. The summed E-state index contributed by atoms with van der Waals surface area (Å²) in [5.74, 6) is 0.636. The van der Waals surface area contributed by atoms with Gasteiger partial charge in [-0.2, -0.15) is 10.4 Å². The Morgan fingerprint density at radius 1 is 1.11 bits per heavy atom. The van der Waals surface area contributed by atoms with Gasteiger partial charge in [-0.25, -0.2) is 9.67 Å². The summed E-state index contributed by atoms with van der Waals surface area (Å²) in [7, 11) is 0. The maximum atomic E-state index is 9.34. The van der Waals surface area contributed by atoms with E-state index in [4.69, 9.17) is 11.0 Å². The van der Waals surface area contributed by atoms with Crippen molar-refractivity contribution >= 4 is 10.9 Å². The van der Waals surface area contributed by atoms with Crippen molar-refractivity contribution < 1.29 is 5.11 Å². The summed E-state index contributed by atoms with van der Waals surface area (Å²) in [6.07, 6.45) is 1.99. The van der Waals surface area contributed by atoms with Crippen molar-refractivity contribution in [3.05, 3.63) is 72.2 Å². The monoisotopic (exact) mass is 370 g/mol. The Bertz CT molecular complexity index is 1180. The molecular formula is C21H18N6O. The van der Waals surface area contributed by atoms with Gasteiger partial charge in [-0.3, -0.25) is 4.98 Å². The van der Waals surface area contributed by atoms with E-state index in [0.717, 1.165) is 22.2 Å². The van der Waals surface area contributed by atoms with Gasteiger partial charge in [0.15, 0.2) is 5.82 Å². The second-order valence-corrected chi connectivity index (χ2v) is 6.39. The van der Waals surface area contributed by atoms with Gasteiger partial charge in [-0.15, -0.1) is 0 Å². The van der Waals surface area contributed by atoms with Crippen molar-refractivity contribution in [2.45, 2.75) is 19.1 Å². The molecule has 0 unspecified atom stereocenters. The summed E-state index contributed by atoms with van der Waals surface area (Å²) >= 11 is 0.